The normalized spacial score (nSPS) is 11.8. The second-order valence-electron chi connectivity index (χ2n) is 2.84. The van der Waals surface area contributed by atoms with Gasteiger partial charge in [-0.3, -0.25) is 0 Å². The Morgan fingerprint density at radius 3 is 0.267 bits per heavy atom. The van der Waals surface area contributed by atoms with Crippen molar-refractivity contribution in [1.82, 2.24) is 0 Å². The molecule has 0 rings (SSSR count). The van der Waals surface area contributed by atoms with Gasteiger partial charge in [0.2, 0.25) is 0 Å². The van der Waals surface area contributed by atoms with Gasteiger partial charge in [-0.15, -0.1) is 0 Å². The molecule has 0 aromatic rings. The number of hydrogen-bond acceptors (Lipinski definition) is 6. The monoisotopic (exact) mass is 1140 g/mol. The fourth-order valence-electron chi connectivity index (χ4n) is 0. The van der Waals surface area contributed by atoms with Crippen LogP contribution in [0.1, 0.15) is 0 Å². The summed E-state index contributed by atoms with van der Waals surface area (Å²) in [7, 11) is 0. The molecule has 0 bridgehead atoms. The van der Waals surface area contributed by atoms with Crippen LogP contribution in [0.25, 0.3) is 0 Å². The van der Waals surface area contributed by atoms with Crippen molar-refractivity contribution in [2.75, 3.05) is 0 Å². The Balaban J connectivity index is -0.0000000576. The van der Waals surface area contributed by atoms with E-state index in [0.29, 0.717) is 0 Å². The topological polar surface area (TPSA) is 345 Å². The third-order valence-electron chi connectivity index (χ3n) is 0. The van der Waals surface area contributed by atoms with E-state index in [-0.39, 0.29) is 0 Å². The van der Waals surface area contributed by atoms with Crippen molar-refractivity contribution in [2.24, 2.45) is 0 Å². The first kappa shape index (κ1) is 46.2. The number of hydrogen-bond donors (Lipinski definition) is 12. The summed E-state index contributed by atoms with van der Waals surface area (Å²) in [5, 5.41) is 0. The molecule has 0 aromatic carbocycles. The average Bonchev–Trinajstić information content (AvgIpc) is 1.94. The third kappa shape index (κ3) is 3470. The molecule has 0 aromatic heterocycles. The molecule has 30 heteroatoms. The van der Waals surface area contributed by atoms with Crippen molar-refractivity contribution in [3.63, 3.8) is 0 Å². The van der Waals surface area contributed by atoms with Crippen LogP contribution in [-0.2, 0) is 18.1 Å². The van der Waals surface area contributed by atoms with Crippen LogP contribution in [-0.4, -0.2) is 162 Å². The molecule has 0 heterocycles. The Morgan fingerprint density at radius 1 is 0.267 bits per heavy atom. The first-order valence-electron chi connectivity index (χ1n) is 4.51. The van der Waals surface area contributed by atoms with Gasteiger partial charge < -0.3 is 0 Å². The fourth-order valence-corrected chi connectivity index (χ4v) is 0. The third-order valence-corrected chi connectivity index (χ3v) is 0. The van der Waals surface area contributed by atoms with Crippen LogP contribution in [0.3, 0.4) is 0 Å². The summed E-state index contributed by atoms with van der Waals surface area (Å²) in [4.78, 5) is 0. The van der Waals surface area contributed by atoms with Gasteiger partial charge in [-0.1, -0.05) is 0 Å². The second kappa shape index (κ2) is 20.0. The van der Waals surface area contributed by atoms with Crippen LogP contribution in [0.15, 0.2) is 0 Å². The SMILES string of the molecule is [O]=[Sb]([OH])([OH])[F].[O]=[Sb]([OH])([OH])[F].[O]=[Sb]([OH])([OH])[F].[O]=[Sb]([OH])([OH])[F].[O]=[Sb]([OH])([OH])[F].[O]=[Sb]([OH])([OH])[F]. The maximum atomic E-state index is 10.4. The van der Waals surface area contributed by atoms with Gasteiger partial charge in [-0.25, -0.2) is 0 Å². The molecule has 0 spiro atoms. The maximum absolute atomic E-state index is 10.4. The molecule has 192 valence electrons. The van der Waals surface area contributed by atoms with E-state index < -0.39 is 121 Å². The van der Waals surface area contributed by atoms with E-state index in [4.69, 9.17) is 58.7 Å². The number of rotatable bonds is 0. The Bertz CT molecular complexity index is 473. The van der Waals surface area contributed by atoms with Gasteiger partial charge in [0.25, 0.3) is 0 Å². The summed E-state index contributed by atoms with van der Waals surface area (Å²) in [6.45, 7) is 0. The van der Waals surface area contributed by atoms with Crippen molar-refractivity contribution < 1.29 is 75.6 Å². The summed E-state index contributed by atoms with van der Waals surface area (Å²) in [5.74, 6) is 0. The molecule has 0 saturated carbocycles. The van der Waals surface area contributed by atoms with Crippen molar-refractivity contribution in [1.29, 1.82) is 0 Å². The number of halogens is 6. The minimum atomic E-state index is -5.85. The van der Waals surface area contributed by atoms with E-state index in [9.17, 15) is 16.9 Å². The summed E-state index contributed by atoms with van der Waals surface area (Å²) in [6, 6.07) is 0. The second-order valence-corrected chi connectivity index (χ2v) is 19.0. The molecule has 0 saturated heterocycles. The molecular weight excluding hydrogens is 1130 g/mol. The molecule has 0 atom stereocenters. The summed E-state index contributed by atoms with van der Waals surface area (Å²) in [5.41, 5.74) is 0. The minimum absolute atomic E-state index is 5.85. The van der Waals surface area contributed by atoms with E-state index in [1.165, 1.54) is 0 Å². The zero-order valence-electron chi connectivity index (χ0n) is 12.8. The van der Waals surface area contributed by atoms with Crippen LogP contribution in [0.5, 0.6) is 0 Å². The van der Waals surface area contributed by atoms with E-state index in [2.05, 4.69) is 0 Å². The molecule has 0 aliphatic carbocycles. The summed E-state index contributed by atoms with van der Waals surface area (Å²) >= 11 is -35.1. The Morgan fingerprint density at radius 2 is 0.267 bits per heavy atom. The molecule has 0 radical (unpaired) electrons. The van der Waals surface area contributed by atoms with Crippen LogP contribution in [0, 0.1) is 0 Å². The van der Waals surface area contributed by atoms with Crippen molar-refractivity contribution in [3.8, 4) is 0 Å². The standard InChI is InChI=1S/6FH.12H2O.6O.6Sb/h6*1H;12*1H2;;;;;;;;;;;;/q;;;;;;;;;;;;;;;;;;;;;;;;6*+3/p-18. The zero-order chi connectivity index (χ0) is 27.0. The first-order valence-corrected chi connectivity index (χ1v) is 30.3. The molecule has 30 heavy (non-hydrogen) atoms. The Labute approximate surface area is 193 Å². The molecule has 12 N–H and O–H groups in total. The molecule has 0 aliphatic heterocycles. The first-order chi connectivity index (χ1) is 12.0. The van der Waals surface area contributed by atoms with Gasteiger partial charge in [-0.05, 0) is 0 Å². The molecule has 0 amide bonds. The molecule has 0 unspecified atom stereocenters. The van der Waals surface area contributed by atoms with Crippen molar-refractivity contribution in [2.45, 2.75) is 0 Å². The van der Waals surface area contributed by atoms with Gasteiger partial charge in [-0.2, -0.15) is 0 Å². The van der Waals surface area contributed by atoms with Gasteiger partial charge >= 0.3 is 197 Å². The van der Waals surface area contributed by atoms with Gasteiger partial charge in [0.05, 0.1) is 0 Å². The van der Waals surface area contributed by atoms with Crippen LogP contribution < -0.4 is 0 Å². The Hall–Kier alpha value is 2.81. The van der Waals surface area contributed by atoms with Crippen molar-refractivity contribution in [3.05, 3.63) is 0 Å². The van der Waals surface area contributed by atoms with E-state index in [1.54, 1.807) is 0 Å². The molecule has 0 aliphatic rings. The van der Waals surface area contributed by atoms with Gasteiger partial charge in [0, 0.05) is 0 Å². The average molecular weight is 1140 g/mol. The van der Waals surface area contributed by atoms with E-state index in [0.717, 1.165) is 0 Å². The van der Waals surface area contributed by atoms with E-state index in [1.807, 2.05) is 0 Å². The predicted octanol–water partition coefficient (Wildman–Crippen LogP) is -7.16. The molecule has 18 nitrogen and oxygen atoms in total. The van der Waals surface area contributed by atoms with Crippen LogP contribution in [0.4, 0.5) is 16.9 Å². The molecule has 0 fully saturated rings. The summed E-state index contributed by atoms with van der Waals surface area (Å²) < 4.78 is 200. The predicted molar refractivity (Wildman–Crippen MR) is 71.9 cm³/mol. The fraction of sp³-hybridized carbons (Fsp3) is 0. The summed E-state index contributed by atoms with van der Waals surface area (Å²) in [6.07, 6.45) is 0. The van der Waals surface area contributed by atoms with Crippen LogP contribution in [0.2, 0.25) is 0 Å². The van der Waals surface area contributed by atoms with E-state index >= 15 is 0 Å². The van der Waals surface area contributed by atoms with Crippen molar-refractivity contribution >= 4 is 121 Å². The van der Waals surface area contributed by atoms with Gasteiger partial charge in [0.1, 0.15) is 0 Å². The van der Waals surface area contributed by atoms with Gasteiger partial charge in [0.15, 0.2) is 0 Å². The quantitative estimate of drug-likeness (QED) is 0.0792. The van der Waals surface area contributed by atoms with Crippen LogP contribution >= 0.6 is 0 Å². The molecular formula is H12F6O18Sb6. The zero-order valence-corrected chi connectivity index (χ0v) is 28.1. The Kier molecular flexibility index (Phi) is 30.9.